The number of carboxylic acid groups (broad SMARTS) is 1. The lowest BCUT2D eigenvalue weighted by Crippen LogP contribution is -2.45. The maximum atomic E-state index is 11.3. The van der Waals surface area contributed by atoms with Crippen LogP contribution < -0.4 is 4.90 Å². The highest BCUT2D eigenvalue weighted by atomic mass is 35.5. The summed E-state index contributed by atoms with van der Waals surface area (Å²) in [6.07, 6.45) is 1.89. The third-order valence-electron chi connectivity index (χ3n) is 3.94. The molecule has 2 heterocycles. The zero-order chi connectivity index (χ0) is 14.0. The molecule has 0 radical (unpaired) electrons. The SMILES string of the molecule is CC(C)(C(=O)O)C1CCCN(c2ccc(Cl)nn2)C1. The van der Waals surface area contributed by atoms with Crippen LogP contribution in [0.25, 0.3) is 0 Å². The molecule has 1 aromatic heterocycles. The standard InChI is InChI=1S/C13H18ClN3O2/c1-13(2,12(18)19)9-4-3-7-17(8-9)11-6-5-10(14)15-16-11/h5-6,9H,3-4,7-8H2,1-2H3,(H,18,19). The van der Waals surface area contributed by atoms with Gasteiger partial charge in [-0.25, -0.2) is 0 Å². The van der Waals surface area contributed by atoms with Crippen LogP contribution in [0.5, 0.6) is 0 Å². The molecule has 1 unspecified atom stereocenters. The summed E-state index contributed by atoms with van der Waals surface area (Å²) in [5.74, 6) is 0.119. The van der Waals surface area contributed by atoms with E-state index in [2.05, 4.69) is 15.1 Å². The van der Waals surface area contributed by atoms with Crippen molar-refractivity contribution in [2.24, 2.45) is 11.3 Å². The molecule has 1 fully saturated rings. The van der Waals surface area contributed by atoms with E-state index in [-0.39, 0.29) is 5.92 Å². The quantitative estimate of drug-likeness (QED) is 0.923. The van der Waals surface area contributed by atoms with Crippen molar-refractivity contribution in [2.75, 3.05) is 18.0 Å². The molecular formula is C13H18ClN3O2. The molecule has 1 N–H and O–H groups in total. The van der Waals surface area contributed by atoms with Gasteiger partial charge in [-0.05, 0) is 44.7 Å². The molecule has 6 heteroatoms. The molecule has 19 heavy (non-hydrogen) atoms. The van der Waals surface area contributed by atoms with Crippen LogP contribution >= 0.6 is 11.6 Å². The number of nitrogens with zero attached hydrogens (tertiary/aromatic N) is 3. The van der Waals surface area contributed by atoms with E-state index in [9.17, 15) is 9.90 Å². The fourth-order valence-corrected chi connectivity index (χ4v) is 2.53. The minimum Gasteiger partial charge on any atom is -0.481 e. The molecule has 5 nitrogen and oxygen atoms in total. The van der Waals surface area contributed by atoms with Gasteiger partial charge in [0.15, 0.2) is 11.0 Å². The molecule has 1 aliphatic heterocycles. The number of aromatic nitrogens is 2. The fourth-order valence-electron chi connectivity index (χ4n) is 2.43. The van der Waals surface area contributed by atoms with Crippen LogP contribution in [0.2, 0.25) is 5.15 Å². The normalized spacial score (nSPS) is 20.4. The van der Waals surface area contributed by atoms with Crippen LogP contribution in [-0.2, 0) is 4.79 Å². The number of anilines is 1. The predicted molar refractivity (Wildman–Crippen MR) is 73.4 cm³/mol. The predicted octanol–water partition coefficient (Wildman–Crippen LogP) is 2.46. The van der Waals surface area contributed by atoms with Crippen LogP contribution in [0.15, 0.2) is 12.1 Å². The summed E-state index contributed by atoms with van der Waals surface area (Å²) >= 11 is 5.72. The summed E-state index contributed by atoms with van der Waals surface area (Å²) in [5.41, 5.74) is -0.724. The second-order valence-corrected chi connectivity index (χ2v) is 5.91. The van der Waals surface area contributed by atoms with Crippen molar-refractivity contribution in [3.63, 3.8) is 0 Å². The molecule has 0 aliphatic carbocycles. The number of carbonyl (C=O) groups is 1. The largest absolute Gasteiger partial charge is 0.481 e. The molecule has 0 saturated carbocycles. The second kappa shape index (κ2) is 5.33. The first-order valence-corrected chi connectivity index (χ1v) is 6.76. The number of hydrogen-bond acceptors (Lipinski definition) is 4. The van der Waals surface area contributed by atoms with Crippen molar-refractivity contribution < 1.29 is 9.90 Å². The van der Waals surface area contributed by atoms with Crippen molar-refractivity contribution in [1.29, 1.82) is 0 Å². The van der Waals surface area contributed by atoms with Crippen molar-refractivity contribution in [1.82, 2.24) is 10.2 Å². The number of halogens is 1. The third-order valence-corrected chi connectivity index (χ3v) is 4.14. The van der Waals surface area contributed by atoms with Gasteiger partial charge < -0.3 is 10.0 Å². The van der Waals surface area contributed by atoms with Gasteiger partial charge in [0.2, 0.25) is 0 Å². The Balaban J connectivity index is 2.13. The number of piperidine rings is 1. The van der Waals surface area contributed by atoms with Gasteiger partial charge in [-0.3, -0.25) is 4.79 Å². The Labute approximate surface area is 117 Å². The third kappa shape index (κ3) is 2.97. The van der Waals surface area contributed by atoms with Crippen LogP contribution in [-0.4, -0.2) is 34.4 Å². The van der Waals surface area contributed by atoms with E-state index in [1.807, 2.05) is 6.07 Å². The molecule has 1 saturated heterocycles. The molecule has 0 amide bonds. The Bertz CT molecular complexity index is 461. The van der Waals surface area contributed by atoms with Crippen LogP contribution in [0.4, 0.5) is 5.82 Å². The fraction of sp³-hybridized carbons (Fsp3) is 0.615. The van der Waals surface area contributed by atoms with E-state index in [0.29, 0.717) is 11.7 Å². The van der Waals surface area contributed by atoms with E-state index in [0.717, 1.165) is 25.2 Å². The van der Waals surface area contributed by atoms with Crippen LogP contribution in [0.1, 0.15) is 26.7 Å². The van der Waals surface area contributed by atoms with Crippen molar-refractivity contribution in [3.05, 3.63) is 17.3 Å². The second-order valence-electron chi connectivity index (χ2n) is 5.53. The molecule has 1 aromatic rings. The number of carboxylic acids is 1. The average molecular weight is 284 g/mol. The van der Waals surface area contributed by atoms with Crippen molar-refractivity contribution in [2.45, 2.75) is 26.7 Å². The minimum absolute atomic E-state index is 0.108. The van der Waals surface area contributed by atoms with Gasteiger partial charge in [0.05, 0.1) is 5.41 Å². The Morgan fingerprint density at radius 2 is 2.21 bits per heavy atom. The van der Waals surface area contributed by atoms with Crippen molar-refractivity contribution >= 4 is 23.4 Å². The Kier molecular flexibility index (Phi) is 3.94. The Hall–Kier alpha value is -1.36. The number of aliphatic carboxylic acids is 1. The first-order valence-electron chi connectivity index (χ1n) is 6.39. The molecule has 1 atom stereocenters. The number of hydrogen-bond donors (Lipinski definition) is 1. The van der Waals surface area contributed by atoms with Gasteiger partial charge in [0.1, 0.15) is 0 Å². The van der Waals surface area contributed by atoms with E-state index in [1.54, 1.807) is 19.9 Å². The molecule has 0 bridgehead atoms. The van der Waals surface area contributed by atoms with Crippen LogP contribution in [0.3, 0.4) is 0 Å². The lowest BCUT2D eigenvalue weighted by atomic mass is 9.74. The maximum absolute atomic E-state index is 11.3. The maximum Gasteiger partial charge on any atom is 0.309 e. The Morgan fingerprint density at radius 1 is 1.47 bits per heavy atom. The minimum atomic E-state index is -0.749. The zero-order valence-electron chi connectivity index (χ0n) is 11.1. The van der Waals surface area contributed by atoms with E-state index in [1.165, 1.54) is 0 Å². The van der Waals surface area contributed by atoms with Gasteiger partial charge in [0.25, 0.3) is 0 Å². The van der Waals surface area contributed by atoms with E-state index >= 15 is 0 Å². The van der Waals surface area contributed by atoms with Gasteiger partial charge in [-0.2, -0.15) is 0 Å². The first kappa shape index (κ1) is 14.1. The zero-order valence-corrected chi connectivity index (χ0v) is 11.9. The highest BCUT2D eigenvalue weighted by Gasteiger charge is 2.39. The molecule has 2 rings (SSSR count). The summed E-state index contributed by atoms with van der Waals surface area (Å²) in [4.78, 5) is 13.4. The van der Waals surface area contributed by atoms with Gasteiger partial charge in [0, 0.05) is 13.1 Å². The molecule has 0 aromatic carbocycles. The molecule has 0 spiro atoms. The van der Waals surface area contributed by atoms with E-state index in [4.69, 9.17) is 11.6 Å². The smallest absolute Gasteiger partial charge is 0.309 e. The molecule has 104 valence electrons. The highest BCUT2D eigenvalue weighted by molar-refractivity contribution is 6.29. The van der Waals surface area contributed by atoms with E-state index < -0.39 is 11.4 Å². The van der Waals surface area contributed by atoms with Gasteiger partial charge in [-0.1, -0.05) is 11.6 Å². The summed E-state index contributed by atoms with van der Waals surface area (Å²) in [7, 11) is 0. The average Bonchev–Trinajstić information content (AvgIpc) is 2.39. The molecular weight excluding hydrogens is 266 g/mol. The van der Waals surface area contributed by atoms with Gasteiger partial charge >= 0.3 is 5.97 Å². The van der Waals surface area contributed by atoms with Crippen LogP contribution in [0, 0.1) is 11.3 Å². The highest BCUT2D eigenvalue weighted by Crippen LogP contribution is 2.35. The monoisotopic (exact) mass is 283 g/mol. The number of rotatable bonds is 3. The summed E-state index contributed by atoms with van der Waals surface area (Å²) in [6, 6.07) is 3.53. The summed E-state index contributed by atoms with van der Waals surface area (Å²) < 4.78 is 0. The summed E-state index contributed by atoms with van der Waals surface area (Å²) in [6.45, 7) is 5.15. The Morgan fingerprint density at radius 3 is 2.79 bits per heavy atom. The molecule has 1 aliphatic rings. The summed E-state index contributed by atoms with van der Waals surface area (Å²) in [5, 5.41) is 17.6. The first-order chi connectivity index (χ1) is 8.91. The van der Waals surface area contributed by atoms with Gasteiger partial charge in [-0.15, -0.1) is 10.2 Å². The van der Waals surface area contributed by atoms with Crippen molar-refractivity contribution in [3.8, 4) is 0 Å². The lowest BCUT2D eigenvalue weighted by molar-refractivity contribution is -0.150. The topological polar surface area (TPSA) is 66.3 Å². The lowest BCUT2D eigenvalue weighted by Gasteiger charge is -2.39.